The van der Waals surface area contributed by atoms with Gasteiger partial charge in [-0.05, 0) is 25.5 Å². The largest absolute Gasteiger partial charge is 0.298 e. The van der Waals surface area contributed by atoms with Crippen LogP contribution in [0.25, 0.3) is 0 Å². The lowest BCUT2D eigenvalue weighted by Gasteiger charge is -1.84. The second kappa shape index (κ2) is 4.01. The molecule has 0 aromatic rings. The first-order chi connectivity index (χ1) is 4.20. The van der Waals surface area contributed by atoms with Crippen LogP contribution >= 0.6 is 0 Å². The number of hydrogen-bond donors (Lipinski definition) is 0. The van der Waals surface area contributed by atoms with Crippen LogP contribution in [0.5, 0.6) is 0 Å². The monoisotopic (exact) mass is 128 g/mol. The third kappa shape index (κ3) is 3.64. The van der Waals surface area contributed by atoms with Crippen LogP contribution in [-0.2, 0) is 4.79 Å². The van der Waals surface area contributed by atoms with Crippen molar-refractivity contribution >= 4 is 6.29 Å². The lowest BCUT2D eigenvalue weighted by atomic mass is 10.3. The molecule has 0 unspecified atom stereocenters. The second-order valence-electron chi connectivity index (χ2n) is 1.68. The second-order valence-corrected chi connectivity index (χ2v) is 1.68. The summed E-state index contributed by atoms with van der Waals surface area (Å²) < 4.78 is 12.2. The Morgan fingerprint density at radius 1 is 1.56 bits per heavy atom. The first kappa shape index (κ1) is 8.08. The molecule has 0 heterocycles. The molecule has 0 amide bonds. The Kier molecular flexibility index (Phi) is 3.60. The van der Waals surface area contributed by atoms with Crippen molar-refractivity contribution in [2.75, 3.05) is 0 Å². The van der Waals surface area contributed by atoms with E-state index in [2.05, 4.69) is 0 Å². The highest BCUT2D eigenvalue weighted by Gasteiger charge is 1.86. The molecule has 9 heavy (non-hydrogen) atoms. The molecule has 0 aliphatic rings. The van der Waals surface area contributed by atoms with Crippen LogP contribution < -0.4 is 0 Å². The first-order valence-electron chi connectivity index (χ1n) is 2.66. The number of hydrogen-bond acceptors (Lipinski definition) is 1. The number of aldehydes is 1. The lowest BCUT2D eigenvalue weighted by Crippen LogP contribution is -1.75. The van der Waals surface area contributed by atoms with Crippen molar-refractivity contribution in [2.45, 2.75) is 13.8 Å². The molecule has 0 saturated heterocycles. The van der Waals surface area contributed by atoms with Crippen LogP contribution in [0.3, 0.4) is 0 Å². The summed E-state index contributed by atoms with van der Waals surface area (Å²) in [7, 11) is 0. The van der Waals surface area contributed by atoms with Crippen molar-refractivity contribution in [3.05, 3.63) is 23.6 Å². The maximum Gasteiger partial charge on any atom is 0.145 e. The molecule has 0 aromatic carbocycles. The summed E-state index contributed by atoms with van der Waals surface area (Å²) in [6.07, 6.45) is 3.10. The van der Waals surface area contributed by atoms with Crippen molar-refractivity contribution in [2.24, 2.45) is 0 Å². The van der Waals surface area contributed by atoms with Gasteiger partial charge >= 0.3 is 0 Å². The molecular weight excluding hydrogens is 119 g/mol. The Bertz CT molecular complexity index is 156. The van der Waals surface area contributed by atoms with Gasteiger partial charge in [-0.15, -0.1) is 0 Å². The number of allylic oxidation sites excluding steroid dienone is 4. The molecule has 0 aliphatic heterocycles. The third-order valence-electron chi connectivity index (χ3n) is 0.827. The van der Waals surface area contributed by atoms with Crippen molar-refractivity contribution in [1.82, 2.24) is 0 Å². The minimum absolute atomic E-state index is 0.375. The molecule has 0 atom stereocenters. The summed E-state index contributed by atoms with van der Waals surface area (Å²) in [5, 5.41) is 0. The van der Waals surface area contributed by atoms with Gasteiger partial charge in [-0.1, -0.05) is 6.08 Å². The van der Waals surface area contributed by atoms with Gasteiger partial charge in [-0.3, -0.25) is 4.79 Å². The van der Waals surface area contributed by atoms with Crippen LogP contribution in [0.15, 0.2) is 23.6 Å². The average molecular weight is 128 g/mol. The summed E-state index contributed by atoms with van der Waals surface area (Å²) in [6, 6.07) is 0. The fraction of sp³-hybridized carbons (Fsp3) is 0.286. The Labute approximate surface area is 53.9 Å². The van der Waals surface area contributed by atoms with Gasteiger partial charge in [0, 0.05) is 0 Å². The van der Waals surface area contributed by atoms with Crippen LogP contribution in [0, 0.1) is 0 Å². The predicted octanol–water partition coefficient (Wildman–Crippen LogP) is 2.00. The Morgan fingerprint density at radius 2 is 2.11 bits per heavy atom. The average Bonchev–Trinajstić information content (AvgIpc) is 1.87. The Morgan fingerprint density at radius 3 is 2.44 bits per heavy atom. The van der Waals surface area contributed by atoms with E-state index in [4.69, 9.17) is 0 Å². The van der Waals surface area contributed by atoms with E-state index in [-0.39, 0.29) is 5.83 Å². The van der Waals surface area contributed by atoms with Crippen molar-refractivity contribution in [3.63, 3.8) is 0 Å². The van der Waals surface area contributed by atoms with Gasteiger partial charge < -0.3 is 0 Å². The number of carbonyl (C=O) groups is 1. The van der Waals surface area contributed by atoms with Crippen molar-refractivity contribution in [3.8, 4) is 0 Å². The van der Waals surface area contributed by atoms with Crippen LogP contribution in [0.1, 0.15) is 13.8 Å². The van der Waals surface area contributed by atoms with Gasteiger partial charge in [0.2, 0.25) is 0 Å². The van der Waals surface area contributed by atoms with Crippen LogP contribution in [0.4, 0.5) is 4.39 Å². The van der Waals surface area contributed by atoms with Crippen LogP contribution in [-0.4, -0.2) is 6.29 Å². The molecule has 0 spiro atoms. The summed E-state index contributed by atoms with van der Waals surface area (Å²) in [5.74, 6) is -0.375. The highest BCUT2D eigenvalue weighted by Crippen LogP contribution is 2.00. The van der Waals surface area contributed by atoms with E-state index in [1.165, 1.54) is 12.2 Å². The molecule has 50 valence electrons. The van der Waals surface area contributed by atoms with Crippen molar-refractivity contribution in [1.29, 1.82) is 0 Å². The molecule has 1 nitrogen and oxygen atoms in total. The van der Waals surface area contributed by atoms with E-state index < -0.39 is 0 Å². The lowest BCUT2D eigenvalue weighted by molar-refractivity contribution is -0.104. The quantitative estimate of drug-likeness (QED) is 0.316. The fourth-order valence-corrected chi connectivity index (χ4v) is 0.335. The minimum Gasteiger partial charge on any atom is -0.298 e. The molecule has 0 aliphatic carbocycles. The first-order valence-corrected chi connectivity index (χ1v) is 2.66. The summed E-state index contributed by atoms with van der Waals surface area (Å²) in [4.78, 5) is 9.89. The molecule has 0 saturated carbocycles. The van der Waals surface area contributed by atoms with Gasteiger partial charge in [-0.2, -0.15) is 0 Å². The zero-order chi connectivity index (χ0) is 7.28. The van der Waals surface area contributed by atoms with Crippen molar-refractivity contribution < 1.29 is 9.18 Å². The zero-order valence-electron chi connectivity index (χ0n) is 5.52. The van der Waals surface area contributed by atoms with E-state index in [0.29, 0.717) is 11.9 Å². The van der Waals surface area contributed by atoms with E-state index in [9.17, 15) is 9.18 Å². The molecule has 0 fully saturated rings. The molecular formula is C7H9FO. The third-order valence-corrected chi connectivity index (χ3v) is 0.827. The standard InChI is InChI=1S/C7H9FO/c1-3-7(8)4-6(2)5-9/h3-5H,1-2H3/b6-4-,7-3+. The minimum atomic E-state index is -0.375. The molecule has 0 radical (unpaired) electrons. The van der Waals surface area contributed by atoms with Gasteiger partial charge in [0.1, 0.15) is 12.1 Å². The number of rotatable bonds is 2. The molecule has 0 bridgehead atoms. The Hall–Kier alpha value is -0.920. The van der Waals surface area contributed by atoms with E-state index in [0.717, 1.165) is 0 Å². The number of halogens is 1. The maximum absolute atomic E-state index is 12.2. The SMILES string of the molecule is C/C=C(F)\C=C(\C)C=O. The van der Waals surface area contributed by atoms with Gasteiger partial charge in [0.05, 0.1) is 0 Å². The van der Waals surface area contributed by atoms with Gasteiger partial charge in [0.25, 0.3) is 0 Å². The topological polar surface area (TPSA) is 17.1 Å². The predicted molar refractivity (Wildman–Crippen MR) is 34.7 cm³/mol. The molecule has 0 rings (SSSR count). The van der Waals surface area contributed by atoms with E-state index in [1.807, 2.05) is 0 Å². The molecule has 0 aromatic heterocycles. The molecule has 0 N–H and O–H groups in total. The highest BCUT2D eigenvalue weighted by atomic mass is 19.1. The maximum atomic E-state index is 12.2. The normalized spacial score (nSPS) is 13.7. The zero-order valence-corrected chi connectivity index (χ0v) is 5.52. The van der Waals surface area contributed by atoms with Gasteiger partial charge in [0.15, 0.2) is 0 Å². The summed E-state index contributed by atoms with van der Waals surface area (Å²) in [6.45, 7) is 3.12. The fourth-order valence-electron chi connectivity index (χ4n) is 0.335. The summed E-state index contributed by atoms with van der Waals surface area (Å²) in [5.41, 5.74) is 0.394. The van der Waals surface area contributed by atoms with E-state index >= 15 is 0 Å². The Balaban J connectivity index is 4.11. The highest BCUT2D eigenvalue weighted by molar-refractivity contribution is 5.72. The molecule has 2 heteroatoms. The smallest absolute Gasteiger partial charge is 0.145 e. The van der Waals surface area contributed by atoms with E-state index in [1.54, 1.807) is 13.8 Å². The number of carbonyl (C=O) groups excluding carboxylic acids is 1. The van der Waals surface area contributed by atoms with Crippen LogP contribution in [0.2, 0.25) is 0 Å². The van der Waals surface area contributed by atoms with Gasteiger partial charge in [-0.25, -0.2) is 4.39 Å². The summed E-state index contributed by atoms with van der Waals surface area (Å²) >= 11 is 0.